The highest BCUT2D eigenvalue weighted by atomic mass is 16.1. The standard InChI is InChI=1S/C15H31NO/c1-13(12-15(2,3)4)10-8-6-5-7-9-11-14(16)17/h13H,5-12H2,1-4H3,(H2,16,17). The van der Waals surface area contributed by atoms with Gasteiger partial charge < -0.3 is 5.73 Å². The summed E-state index contributed by atoms with van der Waals surface area (Å²) in [6, 6.07) is 0. The summed E-state index contributed by atoms with van der Waals surface area (Å²) in [4.78, 5) is 10.5. The number of unbranched alkanes of at least 4 members (excludes halogenated alkanes) is 4. The molecule has 0 saturated heterocycles. The van der Waals surface area contributed by atoms with Crippen LogP contribution in [0.5, 0.6) is 0 Å². The van der Waals surface area contributed by atoms with Gasteiger partial charge in [-0.3, -0.25) is 4.79 Å². The average Bonchev–Trinajstić information content (AvgIpc) is 2.12. The average molecular weight is 241 g/mol. The zero-order chi connectivity index (χ0) is 13.3. The minimum atomic E-state index is -0.163. The molecule has 0 aliphatic heterocycles. The van der Waals surface area contributed by atoms with Crippen molar-refractivity contribution in [3.05, 3.63) is 0 Å². The molecule has 0 radical (unpaired) electrons. The molecule has 2 nitrogen and oxygen atoms in total. The fourth-order valence-electron chi connectivity index (χ4n) is 2.47. The topological polar surface area (TPSA) is 43.1 Å². The molecule has 17 heavy (non-hydrogen) atoms. The van der Waals surface area contributed by atoms with Gasteiger partial charge in [0.1, 0.15) is 0 Å². The van der Waals surface area contributed by atoms with Gasteiger partial charge in [-0.25, -0.2) is 0 Å². The molecule has 0 aromatic carbocycles. The number of nitrogens with two attached hydrogens (primary N) is 1. The summed E-state index contributed by atoms with van der Waals surface area (Å²) in [6.07, 6.45) is 9.20. The molecule has 1 unspecified atom stereocenters. The molecule has 0 rings (SSSR count). The van der Waals surface area contributed by atoms with Crippen LogP contribution in [0.2, 0.25) is 0 Å². The molecule has 0 aromatic rings. The van der Waals surface area contributed by atoms with Crippen molar-refractivity contribution in [3.8, 4) is 0 Å². The second kappa shape index (κ2) is 8.54. The SMILES string of the molecule is CC(CCCCCCCC(N)=O)CC(C)(C)C. The van der Waals surface area contributed by atoms with E-state index in [1.165, 1.54) is 32.1 Å². The second-order valence-corrected chi connectivity index (χ2v) is 6.64. The van der Waals surface area contributed by atoms with E-state index in [0.29, 0.717) is 11.8 Å². The number of primary amides is 1. The van der Waals surface area contributed by atoms with Crippen molar-refractivity contribution >= 4 is 5.91 Å². The fourth-order valence-corrected chi connectivity index (χ4v) is 2.47. The van der Waals surface area contributed by atoms with E-state index in [2.05, 4.69) is 27.7 Å². The van der Waals surface area contributed by atoms with Crippen molar-refractivity contribution < 1.29 is 4.79 Å². The van der Waals surface area contributed by atoms with E-state index >= 15 is 0 Å². The first-order chi connectivity index (χ1) is 7.81. The lowest BCUT2D eigenvalue weighted by molar-refractivity contribution is -0.118. The van der Waals surface area contributed by atoms with E-state index in [1.54, 1.807) is 0 Å². The van der Waals surface area contributed by atoms with E-state index in [9.17, 15) is 4.79 Å². The van der Waals surface area contributed by atoms with Gasteiger partial charge in [0.2, 0.25) is 5.91 Å². The molecule has 0 saturated carbocycles. The second-order valence-electron chi connectivity index (χ2n) is 6.64. The highest BCUT2D eigenvalue weighted by molar-refractivity contribution is 5.73. The van der Waals surface area contributed by atoms with Crippen LogP contribution in [0, 0.1) is 11.3 Å². The van der Waals surface area contributed by atoms with Gasteiger partial charge in [-0.1, -0.05) is 59.8 Å². The molecule has 1 atom stereocenters. The molecule has 0 fully saturated rings. The maximum Gasteiger partial charge on any atom is 0.217 e. The van der Waals surface area contributed by atoms with E-state index < -0.39 is 0 Å². The minimum absolute atomic E-state index is 0.163. The Morgan fingerprint density at radius 2 is 1.59 bits per heavy atom. The van der Waals surface area contributed by atoms with Crippen LogP contribution in [0.3, 0.4) is 0 Å². The summed E-state index contributed by atoms with van der Waals surface area (Å²) in [6.45, 7) is 9.30. The highest BCUT2D eigenvalue weighted by Gasteiger charge is 2.14. The van der Waals surface area contributed by atoms with Crippen LogP contribution in [-0.2, 0) is 4.79 Å². The minimum Gasteiger partial charge on any atom is -0.370 e. The smallest absolute Gasteiger partial charge is 0.217 e. The Labute approximate surface area is 107 Å². The third-order valence-electron chi connectivity index (χ3n) is 3.08. The lowest BCUT2D eigenvalue weighted by Crippen LogP contribution is -2.10. The predicted molar refractivity (Wildman–Crippen MR) is 74.7 cm³/mol. The number of carbonyl (C=O) groups excluding carboxylic acids is 1. The molecule has 0 aromatic heterocycles. The molecular weight excluding hydrogens is 210 g/mol. The van der Waals surface area contributed by atoms with Gasteiger partial charge in [0, 0.05) is 6.42 Å². The predicted octanol–water partition coefficient (Wildman–Crippen LogP) is 4.27. The van der Waals surface area contributed by atoms with Crippen LogP contribution in [0.4, 0.5) is 0 Å². The van der Waals surface area contributed by atoms with Crippen molar-refractivity contribution in [2.24, 2.45) is 17.1 Å². The van der Waals surface area contributed by atoms with E-state index in [4.69, 9.17) is 5.73 Å². The van der Waals surface area contributed by atoms with Crippen molar-refractivity contribution in [1.82, 2.24) is 0 Å². The Kier molecular flexibility index (Phi) is 8.28. The van der Waals surface area contributed by atoms with Gasteiger partial charge in [-0.15, -0.1) is 0 Å². The molecule has 0 aliphatic carbocycles. The van der Waals surface area contributed by atoms with Crippen LogP contribution >= 0.6 is 0 Å². The first-order valence-corrected chi connectivity index (χ1v) is 7.09. The molecular formula is C15H31NO. The number of rotatable bonds is 9. The molecule has 1 amide bonds. The molecule has 102 valence electrons. The van der Waals surface area contributed by atoms with Crippen LogP contribution < -0.4 is 5.73 Å². The number of hydrogen-bond donors (Lipinski definition) is 1. The lowest BCUT2D eigenvalue weighted by Gasteiger charge is -2.23. The van der Waals surface area contributed by atoms with Crippen molar-refractivity contribution in [1.29, 1.82) is 0 Å². The van der Waals surface area contributed by atoms with E-state index in [0.717, 1.165) is 18.8 Å². The molecule has 0 spiro atoms. The van der Waals surface area contributed by atoms with Gasteiger partial charge in [0.25, 0.3) is 0 Å². The summed E-state index contributed by atoms with van der Waals surface area (Å²) in [5, 5.41) is 0. The van der Waals surface area contributed by atoms with Crippen molar-refractivity contribution in [3.63, 3.8) is 0 Å². The Morgan fingerprint density at radius 3 is 2.12 bits per heavy atom. The van der Waals surface area contributed by atoms with Crippen molar-refractivity contribution in [2.45, 2.75) is 79.1 Å². The van der Waals surface area contributed by atoms with Gasteiger partial charge >= 0.3 is 0 Å². The van der Waals surface area contributed by atoms with Crippen LogP contribution in [0.15, 0.2) is 0 Å². The van der Waals surface area contributed by atoms with Crippen LogP contribution in [0.1, 0.15) is 79.1 Å². The molecule has 2 heteroatoms. The number of carbonyl (C=O) groups is 1. The largest absolute Gasteiger partial charge is 0.370 e. The number of amides is 1. The van der Waals surface area contributed by atoms with Gasteiger partial charge in [0.15, 0.2) is 0 Å². The zero-order valence-electron chi connectivity index (χ0n) is 12.2. The summed E-state index contributed by atoms with van der Waals surface area (Å²) < 4.78 is 0. The molecule has 0 bridgehead atoms. The first-order valence-electron chi connectivity index (χ1n) is 7.09. The molecule has 0 heterocycles. The monoisotopic (exact) mass is 241 g/mol. The maximum absolute atomic E-state index is 10.5. The normalized spacial score (nSPS) is 13.6. The summed E-state index contributed by atoms with van der Waals surface area (Å²) in [5.41, 5.74) is 5.55. The summed E-state index contributed by atoms with van der Waals surface area (Å²) in [7, 11) is 0. The van der Waals surface area contributed by atoms with Crippen LogP contribution in [0.25, 0.3) is 0 Å². The zero-order valence-corrected chi connectivity index (χ0v) is 12.2. The van der Waals surface area contributed by atoms with Gasteiger partial charge in [0.05, 0.1) is 0 Å². The fraction of sp³-hybridized carbons (Fsp3) is 0.933. The van der Waals surface area contributed by atoms with Crippen molar-refractivity contribution in [2.75, 3.05) is 0 Å². The molecule has 2 N–H and O–H groups in total. The van der Waals surface area contributed by atoms with Gasteiger partial charge in [-0.05, 0) is 24.2 Å². The quantitative estimate of drug-likeness (QED) is 0.602. The first kappa shape index (κ1) is 16.5. The lowest BCUT2D eigenvalue weighted by atomic mass is 9.83. The summed E-state index contributed by atoms with van der Waals surface area (Å²) >= 11 is 0. The van der Waals surface area contributed by atoms with E-state index in [1.807, 2.05) is 0 Å². The van der Waals surface area contributed by atoms with Gasteiger partial charge in [-0.2, -0.15) is 0 Å². The molecule has 0 aliphatic rings. The highest BCUT2D eigenvalue weighted by Crippen LogP contribution is 2.27. The third-order valence-corrected chi connectivity index (χ3v) is 3.08. The summed E-state index contributed by atoms with van der Waals surface area (Å²) in [5.74, 6) is 0.671. The Balaban J connectivity index is 3.31. The van der Waals surface area contributed by atoms with Crippen LogP contribution in [-0.4, -0.2) is 5.91 Å². The Morgan fingerprint density at radius 1 is 1.06 bits per heavy atom. The number of hydrogen-bond acceptors (Lipinski definition) is 1. The Bertz CT molecular complexity index is 205. The Hall–Kier alpha value is -0.530. The maximum atomic E-state index is 10.5. The third kappa shape index (κ3) is 13.4. The van der Waals surface area contributed by atoms with E-state index in [-0.39, 0.29) is 5.91 Å².